The molecule has 1 fully saturated rings. The molecule has 31 heavy (non-hydrogen) atoms. The molecule has 4 aromatic rings. The summed E-state index contributed by atoms with van der Waals surface area (Å²) in [5, 5.41) is 5.09. The van der Waals surface area contributed by atoms with Crippen LogP contribution in [0.1, 0.15) is 53.2 Å². The molecule has 9 heteroatoms. The minimum atomic E-state index is -2.71. The zero-order chi connectivity index (χ0) is 21.7. The number of piperidine rings is 1. The van der Waals surface area contributed by atoms with Crippen molar-refractivity contribution in [3.63, 3.8) is 0 Å². The van der Waals surface area contributed by atoms with E-state index in [1.807, 2.05) is 31.2 Å². The number of furan rings is 1. The molecule has 1 aliphatic heterocycles. The molecule has 0 bridgehead atoms. The lowest BCUT2D eigenvalue weighted by Crippen LogP contribution is -2.42. The highest BCUT2D eigenvalue weighted by Crippen LogP contribution is 2.35. The summed E-state index contributed by atoms with van der Waals surface area (Å²) in [5.41, 5.74) is 1.73. The van der Waals surface area contributed by atoms with Crippen molar-refractivity contribution in [1.29, 1.82) is 0 Å². The minimum absolute atomic E-state index is 0.136. The average Bonchev–Trinajstić information content (AvgIpc) is 3.38. The van der Waals surface area contributed by atoms with Crippen molar-refractivity contribution in [2.24, 2.45) is 5.92 Å². The van der Waals surface area contributed by atoms with Crippen molar-refractivity contribution >= 4 is 22.7 Å². The first-order valence-electron chi connectivity index (χ1n) is 10.2. The van der Waals surface area contributed by atoms with Crippen LogP contribution in [0.3, 0.4) is 0 Å². The zero-order valence-corrected chi connectivity index (χ0v) is 17.1. The molecule has 1 saturated heterocycles. The van der Waals surface area contributed by atoms with Gasteiger partial charge in [0.05, 0.1) is 5.69 Å². The van der Waals surface area contributed by atoms with Crippen molar-refractivity contribution in [1.82, 2.24) is 24.5 Å². The number of hydrogen-bond acceptors (Lipinski definition) is 5. The van der Waals surface area contributed by atoms with E-state index in [-0.39, 0.29) is 29.2 Å². The number of carbonyl (C=O) groups excluding carboxylic acids is 1. The molecule has 5 rings (SSSR count). The average molecular weight is 425 g/mol. The molecule has 1 amide bonds. The van der Waals surface area contributed by atoms with Crippen LogP contribution in [0.25, 0.3) is 16.7 Å². The minimum Gasteiger partial charge on any atom is -0.451 e. The number of amides is 1. The second-order valence-electron chi connectivity index (χ2n) is 8.05. The van der Waals surface area contributed by atoms with Gasteiger partial charge < -0.3 is 9.32 Å². The Morgan fingerprint density at radius 3 is 2.87 bits per heavy atom. The quantitative estimate of drug-likeness (QED) is 0.487. The van der Waals surface area contributed by atoms with E-state index in [0.717, 1.165) is 17.4 Å². The summed E-state index contributed by atoms with van der Waals surface area (Å²) in [7, 11) is 0. The lowest BCUT2D eigenvalue weighted by molar-refractivity contribution is 0.0635. The normalized spacial score (nSPS) is 19.6. The van der Waals surface area contributed by atoms with E-state index in [1.54, 1.807) is 4.90 Å². The van der Waals surface area contributed by atoms with Crippen LogP contribution in [0, 0.1) is 12.8 Å². The third-order valence-electron chi connectivity index (χ3n) is 6.19. The number of carbonyl (C=O) groups is 1. The molecular weight excluding hydrogens is 404 g/mol. The highest BCUT2D eigenvalue weighted by atomic mass is 19.3. The maximum atomic E-state index is 13.4. The first kappa shape index (κ1) is 19.6. The number of aryl methyl sites for hydroxylation is 1. The Hall–Kier alpha value is -3.36. The van der Waals surface area contributed by atoms with Gasteiger partial charge in [0.1, 0.15) is 17.6 Å². The van der Waals surface area contributed by atoms with Crippen LogP contribution in [0.15, 0.2) is 41.1 Å². The number of hydrogen-bond donors (Lipinski definition) is 0. The molecule has 0 saturated carbocycles. The lowest BCUT2D eigenvalue weighted by Gasteiger charge is -2.37. The Balaban J connectivity index is 1.51. The largest absolute Gasteiger partial charge is 0.451 e. The summed E-state index contributed by atoms with van der Waals surface area (Å²) in [5.74, 6) is 0.247. The Labute approximate surface area is 176 Å². The van der Waals surface area contributed by atoms with Crippen LogP contribution in [-0.4, -0.2) is 43.5 Å². The van der Waals surface area contributed by atoms with Crippen LogP contribution >= 0.6 is 0 Å². The lowest BCUT2D eigenvalue weighted by atomic mass is 9.84. The molecule has 0 radical (unpaired) electrons. The molecule has 0 aliphatic carbocycles. The third-order valence-corrected chi connectivity index (χ3v) is 6.19. The molecule has 160 valence electrons. The van der Waals surface area contributed by atoms with E-state index in [0.29, 0.717) is 30.1 Å². The number of para-hydroxylation sites is 1. The highest BCUT2D eigenvalue weighted by Gasteiger charge is 2.34. The van der Waals surface area contributed by atoms with Gasteiger partial charge in [0.15, 0.2) is 5.76 Å². The predicted molar refractivity (Wildman–Crippen MR) is 109 cm³/mol. The number of alkyl halides is 2. The monoisotopic (exact) mass is 425 g/mol. The van der Waals surface area contributed by atoms with Crippen LogP contribution in [0.2, 0.25) is 0 Å². The summed E-state index contributed by atoms with van der Waals surface area (Å²) in [6, 6.07) is 8.92. The summed E-state index contributed by atoms with van der Waals surface area (Å²) in [4.78, 5) is 23.0. The van der Waals surface area contributed by atoms with E-state index in [9.17, 15) is 13.6 Å². The molecular formula is C22H21F2N5O2. The first-order chi connectivity index (χ1) is 14.9. The maximum absolute atomic E-state index is 13.4. The van der Waals surface area contributed by atoms with Crippen molar-refractivity contribution < 1.29 is 18.0 Å². The van der Waals surface area contributed by atoms with Gasteiger partial charge in [-0.15, -0.1) is 0 Å². The second-order valence-corrected chi connectivity index (χ2v) is 8.05. The summed E-state index contributed by atoms with van der Waals surface area (Å²) in [6.45, 7) is 4.88. The maximum Gasteiger partial charge on any atom is 0.289 e. The summed E-state index contributed by atoms with van der Waals surface area (Å²) in [6.07, 6.45) is -0.678. The van der Waals surface area contributed by atoms with Crippen LogP contribution in [-0.2, 0) is 0 Å². The second kappa shape index (κ2) is 7.40. The standard InChI is InChI=1S/C22H21F2N5O2/c1-12-7-8-28(21(30)19-13(2)14-5-3-4-6-18(14)31-19)10-15(12)17-9-16(20(23)24)27-22-25-11-26-29(17)22/h3-6,9,11-12,15,20H,7-8,10H2,1-2H3/t12-,15-/m1/s1. The topological polar surface area (TPSA) is 76.5 Å². The SMILES string of the molecule is Cc1c(C(=O)N2CC[C@@H](C)[C@H](c3cc(C(F)F)nc4ncnn34)C2)oc2ccccc12. The molecule has 1 aromatic carbocycles. The van der Waals surface area contributed by atoms with Crippen molar-refractivity contribution in [2.45, 2.75) is 32.6 Å². The fraction of sp³-hybridized carbons (Fsp3) is 0.364. The fourth-order valence-corrected chi connectivity index (χ4v) is 4.39. The van der Waals surface area contributed by atoms with E-state index in [4.69, 9.17) is 4.42 Å². The van der Waals surface area contributed by atoms with Crippen molar-refractivity contribution in [3.05, 3.63) is 59.4 Å². The number of nitrogens with zero attached hydrogens (tertiary/aromatic N) is 5. The molecule has 7 nitrogen and oxygen atoms in total. The molecule has 0 unspecified atom stereocenters. The Kier molecular flexibility index (Phi) is 4.68. The van der Waals surface area contributed by atoms with Gasteiger partial charge in [-0.3, -0.25) is 4.79 Å². The zero-order valence-electron chi connectivity index (χ0n) is 17.1. The van der Waals surface area contributed by atoms with Crippen molar-refractivity contribution in [3.8, 4) is 0 Å². The molecule has 1 aliphatic rings. The van der Waals surface area contributed by atoms with Crippen LogP contribution in [0.5, 0.6) is 0 Å². The number of halogens is 2. The Morgan fingerprint density at radius 1 is 1.29 bits per heavy atom. The van der Waals surface area contributed by atoms with E-state index >= 15 is 0 Å². The molecule has 2 atom stereocenters. The van der Waals surface area contributed by atoms with Gasteiger partial charge in [-0.25, -0.2) is 18.3 Å². The van der Waals surface area contributed by atoms with Gasteiger partial charge >= 0.3 is 0 Å². The van der Waals surface area contributed by atoms with Gasteiger partial charge in [0.2, 0.25) is 0 Å². The molecule has 4 heterocycles. The van der Waals surface area contributed by atoms with Gasteiger partial charge in [-0.2, -0.15) is 10.1 Å². The smallest absolute Gasteiger partial charge is 0.289 e. The number of fused-ring (bicyclic) bond motifs is 2. The van der Waals surface area contributed by atoms with E-state index < -0.39 is 6.43 Å². The summed E-state index contributed by atoms with van der Waals surface area (Å²) < 4.78 is 34.2. The summed E-state index contributed by atoms with van der Waals surface area (Å²) >= 11 is 0. The van der Waals surface area contributed by atoms with Gasteiger partial charge in [-0.1, -0.05) is 25.1 Å². The fourth-order valence-electron chi connectivity index (χ4n) is 4.39. The molecule has 0 spiro atoms. The predicted octanol–water partition coefficient (Wildman–Crippen LogP) is 4.38. The van der Waals surface area contributed by atoms with Crippen LogP contribution in [0.4, 0.5) is 8.78 Å². The Bertz CT molecular complexity index is 1280. The Morgan fingerprint density at radius 2 is 2.10 bits per heavy atom. The first-order valence-corrected chi connectivity index (χ1v) is 10.2. The van der Waals surface area contributed by atoms with E-state index in [2.05, 4.69) is 22.0 Å². The van der Waals surface area contributed by atoms with E-state index in [1.165, 1.54) is 16.9 Å². The number of likely N-dealkylation sites (tertiary alicyclic amines) is 1. The van der Waals surface area contributed by atoms with Gasteiger partial charge in [0, 0.05) is 30.0 Å². The van der Waals surface area contributed by atoms with Crippen molar-refractivity contribution in [2.75, 3.05) is 13.1 Å². The third kappa shape index (κ3) is 3.24. The number of benzene rings is 1. The van der Waals surface area contributed by atoms with Gasteiger partial charge in [0.25, 0.3) is 18.1 Å². The molecule has 0 N–H and O–H groups in total. The number of rotatable bonds is 3. The number of aromatic nitrogens is 4. The highest BCUT2D eigenvalue weighted by molar-refractivity contribution is 5.99. The van der Waals surface area contributed by atoms with Gasteiger partial charge in [-0.05, 0) is 31.4 Å². The van der Waals surface area contributed by atoms with Crippen LogP contribution < -0.4 is 0 Å². The molecule has 3 aromatic heterocycles.